The van der Waals surface area contributed by atoms with E-state index < -0.39 is 17.0 Å². The third-order valence-electron chi connectivity index (χ3n) is 5.62. The number of halogens is 2. The lowest BCUT2D eigenvalue weighted by Crippen LogP contribution is -2.27. The molecule has 158 valence electrons. The van der Waals surface area contributed by atoms with Crippen molar-refractivity contribution in [3.8, 4) is 11.5 Å². The summed E-state index contributed by atoms with van der Waals surface area (Å²) < 4.78 is 39.8. The van der Waals surface area contributed by atoms with Crippen LogP contribution in [0.3, 0.4) is 0 Å². The lowest BCUT2D eigenvalue weighted by Gasteiger charge is -2.35. The molecule has 2 aromatic carbocycles. The van der Waals surface area contributed by atoms with E-state index in [2.05, 4.69) is 0 Å². The van der Waals surface area contributed by atoms with Gasteiger partial charge in [0.05, 0.1) is 13.2 Å². The second-order valence-corrected chi connectivity index (χ2v) is 7.43. The summed E-state index contributed by atoms with van der Waals surface area (Å²) in [5.74, 6) is -0.762. The zero-order valence-corrected chi connectivity index (χ0v) is 16.5. The summed E-state index contributed by atoms with van der Waals surface area (Å²) in [6.07, 6.45) is 5.77. The molecule has 4 nitrogen and oxygen atoms in total. The Kier molecular flexibility index (Phi) is 7.45. The Morgan fingerprint density at radius 2 is 1.17 bits per heavy atom. The zero-order valence-electron chi connectivity index (χ0n) is 16.5. The third-order valence-corrected chi connectivity index (χ3v) is 5.62. The lowest BCUT2D eigenvalue weighted by atomic mass is 9.69. The minimum Gasteiger partial charge on any atom is -0.488 e. The van der Waals surface area contributed by atoms with Gasteiger partial charge in [-0.1, -0.05) is 37.8 Å². The van der Waals surface area contributed by atoms with Crippen LogP contribution in [0.1, 0.15) is 49.7 Å². The van der Waals surface area contributed by atoms with Gasteiger partial charge in [-0.25, -0.2) is 8.78 Å². The van der Waals surface area contributed by atoms with Crippen LogP contribution in [-0.2, 0) is 5.41 Å². The monoisotopic (exact) mass is 406 g/mol. The molecule has 2 aromatic rings. The van der Waals surface area contributed by atoms with E-state index in [9.17, 15) is 8.78 Å². The van der Waals surface area contributed by atoms with E-state index in [4.69, 9.17) is 19.7 Å². The first-order chi connectivity index (χ1) is 14.1. The summed E-state index contributed by atoms with van der Waals surface area (Å²) in [4.78, 5) is 0. The molecule has 1 aliphatic carbocycles. The molecule has 6 heteroatoms. The molecular weight excluding hydrogens is 378 g/mol. The van der Waals surface area contributed by atoms with Crippen LogP contribution in [0.15, 0.2) is 36.4 Å². The van der Waals surface area contributed by atoms with Gasteiger partial charge in [0.15, 0.2) is 23.1 Å². The summed E-state index contributed by atoms with van der Waals surface area (Å²) in [5, 5.41) is 17.8. The molecule has 1 aliphatic rings. The van der Waals surface area contributed by atoms with Gasteiger partial charge in [-0.15, -0.1) is 0 Å². The van der Waals surface area contributed by atoms with Crippen molar-refractivity contribution in [3.05, 3.63) is 59.2 Å². The SMILES string of the molecule is OCCOc1ccc(C2(c3ccc(OCCO)c(F)c3)CCCCCC2)cc1F. The normalized spacial score (nSPS) is 16.3. The molecule has 0 aliphatic heterocycles. The Bertz CT molecular complexity index is 742. The predicted octanol–water partition coefficient (Wildman–Crippen LogP) is 4.35. The van der Waals surface area contributed by atoms with Crippen LogP contribution in [0.4, 0.5) is 8.78 Å². The highest BCUT2D eigenvalue weighted by molar-refractivity contribution is 5.44. The van der Waals surface area contributed by atoms with Gasteiger partial charge in [0.2, 0.25) is 0 Å². The number of ether oxygens (including phenoxy) is 2. The molecule has 3 rings (SSSR count). The van der Waals surface area contributed by atoms with Crippen LogP contribution in [0.5, 0.6) is 11.5 Å². The van der Waals surface area contributed by atoms with Gasteiger partial charge in [-0.2, -0.15) is 0 Å². The molecule has 0 heterocycles. The highest BCUT2D eigenvalue weighted by Crippen LogP contribution is 2.45. The number of rotatable bonds is 8. The molecule has 0 unspecified atom stereocenters. The fourth-order valence-electron chi connectivity index (χ4n) is 4.22. The van der Waals surface area contributed by atoms with Crippen LogP contribution < -0.4 is 9.47 Å². The summed E-state index contributed by atoms with van der Waals surface area (Å²) in [5.41, 5.74) is 1.12. The number of aliphatic hydroxyl groups excluding tert-OH is 2. The van der Waals surface area contributed by atoms with Crippen LogP contribution in [-0.4, -0.2) is 36.6 Å². The summed E-state index contributed by atoms with van der Waals surface area (Å²) >= 11 is 0. The number of hydrogen-bond acceptors (Lipinski definition) is 4. The van der Waals surface area contributed by atoms with E-state index in [0.29, 0.717) is 0 Å². The van der Waals surface area contributed by atoms with Crippen molar-refractivity contribution in [3.63, 3.8) is 0 Å². The maximum absolute atomic E-state index is 14.7. The van der Waals surface area contributed by atoms with Crippen molar-refractivity contribution < 1.29 is 28.5 Å². The summed E-state index contributed by atoms with van der Waals surface area (Å²) in [6, 6.07) is 9.81. The topological polar surface area (TPSA) is 58.9 Å². The fraction of sp³-hybridized carbons (Fsp3) is 0.478. The Morgan fingerprint density at radius 3 is 1.55 bits per heavy atom. The van der Waals surface area contributed by atoms with E-state index >= 15 is 0 Å². The summed E-state index contributed by atoms with van der Waals surface area (Å²) in [7, 11) is 0. The Balaban J connectivity index is 2.00. The van der Waals surface area contributed by atoms with Crippen molar-refractivity contribution >= 4 is 0 Å². The standard InChI is InChI=1S/C23H28F2O4/c24-19-15-17(5-7-21(19)28-13-11-26)23(9-3-1-2-4-10-23)18-6-8-22(20(25)16-18)29-14-12-27/h5-8,15-16,26-27H,1-4,9-14H2. The van der Waals surface area contributed by atoms with Gasteiger partial charge >= 0.3 is 0 Å². The van der Waals surface area contributed by atoms with Gasteiger partial charge in [-0.05, 0) is 48.2 Å². The van der Waals surface area contributed by atoms with Crippen molar-refractivity contribution in [1.29, 1.82) is 0 Å². The molecular formula is C23H28F2O4. The maximum Gasteiger partial charge on any atom is 0.165 e. The van der Waals surface area contributed by atoms with E-state index in [1.165, 1.54) is 12.1 Å². The molecule has 0 radical (unpaired) electrons. The second kappa shape index (κ2) is 10.0. The van der Waals surface area contributed by atoms with Gasteiger partial charge in [0.25, 0.3) is 0 Å². The van der Waals surface area contributed by atoms with Crippen molar-refractivity contribution in [2.24, 2.45) is 0 Å². The first-order valence-corrected chi connectivity index (χ1v) is 10.2. The molecule has 1 fully saturated rings. The first kappa shape index (κ1) is 21.5. The average molecular weight is 406 g/mol. The highest BCUT2D eigenvalue weighted by atomic mass is 19.1. The van der Waals surface area contributed by atoms with Crippen LogP contribution in [0.2, 0.25) is 0 Å². The minimum atomic E-state index is -0.483. The largest absolute Gasteiger partial charge is 0.488 e. The molecule has 0 amide bonds. The Morgan fingerprint density at radius 1 is 0.724 bits per heavy atom. The smallest absolute Gasteiger partial charge is 0.165 e. The molecule has 2 N–H and O–H groups in total. The maximum atomic E-state index is 14.7. The summed E-state index contributed by atoms with van der Waals surface area (Å²) in [6.45, 7) is -0.311. The van der Waals surface area contributed by atoms with Gasteiger partial charge < -0.3 is 19.7 Å². The van der Waals surface area contributed by atoms with E-state index in [-0.39, 0.29) is 37.9 Å². The first-order valence-electron chi connectivity index (χ1n) is 10.2. The zero-order chi connectivity index (χ0) is 20.7. The number of hydrogen-bond donors (Lipinski definition) is 2. The van der Waals surface area contributed by atoms with Gasteiger partial charge in [0, 0.05) is 5.41 Å². The van der Waals surface area contributed by atoms with Crippen molar-refractivity contribution in [2.75, 3.05) is 26.4 Å². The van der Waals surface area contributed by atoms with Crippen molar-refractivity contribution in [1.82, 2.24) is 0 Å². The van der Waals surface area contributed by atoms with Gasteiger partial charge in [-0.3, -0.25) is 0 Å². The van der Waals surface area contributed by atoms with Crippen LogP contribution in [0, 0.1) is 11.6 Å². The second-order valence-electron chi connectivity index (χ2n) is 7.43. The highest BCUT2D eigenvalue weighted by Gasteiger charge is 2.36. The molecule has 0 aromatic heterocycles. The Hall–Kier alpha value is -2.18. The third kappa shape index (κ3) is 4.87. The number of aliphatic hydroxyl groups is 2. The molecule has 29 heavy (non-hydrogen) atoms. The van der Waals surface area contributed by atoms with Crippen LogP contribution in [0.25, 0.3) is 0 Å². The van der Waals surface area contributed by atoms with Crippen molar-refractivity contribution in [2.45, 2.75) is 43.9 Å². The molecule has 1 saturated carbocycles. The minimum absolute atomic E-state index is 0.0297. The van der Waals surface area contributed by atoms with Gasteiger partial charge in [0.1, 0.15) is 13.2 Å². The lowest BCUT2D eigenvalue weighted by molar-refractivity contribution is 0.196. The number of benzene rings is 2. The average Bonchev–Trinajstić information content (AvgIpc) is 2.99. The molecule has 0 spiro atoms. The Labute approximate surface area is 170 Å². The predicted molar refractivity (Wildman–Crippen MR) is 106 cm³/mol. The quantitative estimate of drug-likeness (QED) is 0.640. The fourth-order valence-corrected chi connectivity index (χ4v) is 4.22. The van der Waals surface area contributed by atoms with E-state index in [1.807, 2.05) is 12.1 Å². The molecule has 0 bridgehead atoms. The van der Waals surface area contributed by atoms with E-state index in [1.54, 1.807) is 12.1 Å². The van der Waals surface area contributed by atoms with E-state index in [0.717, 1.165) is 49.7 Å². The van der Waals surface area contributed by atoms with Crippen LogP contribution >= 0.6 is 0 Å². The molecule has 0 saturated heterocycles. The molecule has 0 atom stereocenters.